The van der Waals surface area contributed by atoms with Crippen LogP contribution in [0.1, 0.15) is 19.4 Å². The molecule has 0 fully saturated rings. The van der Waals surface area contributed by atoms with Crippen molar-refractivity contribution in [2.24, 2.45) is 0 Å². The zero-order valence-electron chi connectivity index (χ0n) is 9.30. The van der Waals surface area contributed by atoms with Gasteiger partial charge in [-0.25, -0.2) is 4.79 Å². The Morgan fingerprint density at radius 1 is 1.25 bits per heavy atom. The second-order valence-corrected chi connectivity index (χ2v) is 4.77. The fraction of sp³-hybridized carbons (Fsp3) is 0.364. The van der Waals surface area contributed by atoms with Crippen LogP contribution in [0.15, 0.2) is 18.2 Å². The number of benzene rings is 1. The highest BCUT2D eigenvalue weighted by Crippen LogP contribution is 2.27. The quantitative estimate of drug-likeness (QED) is 0.884. The fourth-order valence-corrected chi connectivity index (χ4v) is 1.82. The number of hydrogen-bond acceptors (Lipinski definition) is 2. The van der Waals surface area contributed by atoms with Gasteiger partial charge in [-0.15, -0.1) is 0 Å². The van der Waals surface area contributed by atoms with Crippen molar-refractivity contribution in [1.29, 1.82) is 0 Å². The minimum absolute atomic E-state index is 0.499. The molecule has 0 bridgehead atoms. The van der Waals surface area contributed by atoms with Crippen LogP contribution in [-0.2, 0) is 10.3 Å². The van der Waals surface area contributed by atoms with Crippen LogP contribution in [0.25, 0.3) is 0 Å². The summed E-state index contributed by atoms with van der Waals surface area (Å²) in [6.45, 7) is 3.68. The summed E-state index contributed by atoms with van der Waals surface area (Å²) in [5.74, 6) is 0. The van der Waals surface area contributed by atoms with Gasteiger partial charge in [0, 0.05) is 10.0 Å². The monoisotopic (exact) mass is 261 g/mol. The summed E-state index contributed by atoms with van der Waals surface area (Å²) >= 11 is 11.8. The number of carbonyl (C=O) groups is 1. The van der Waals surface area contributed by atoms with Gasteiger partial charge in [-0.3, -0.25) is 0 Å². The normalized spacial score (nSPS) is 11.1. The number of carbonyl (C=O) groups excluding carboxylic acids is 1. The van der Waals surface area contributed by atoms with Crippen molar-refractivity contribution in [3.63, 3.8) is 0 Å². The van der Waals surface area contributed by atoms with Gasteiger partial charge in [0.15, 0.2) is 0 Å². The Balaban J connectivity index is 3.01. The van der Waals surface area contributed by atoms with E-state index in [9.17, 15) is 4.79 Å². The molecule has 88 valence electrons. The Morgan fingerprint density at radius 3 is 2.19 bits per heavy atom. The highest BCUT2D eigenvalue weighted by Gasteiger charge is 2.23. The van der Waals surface area contributed by atoms with Crippen LogP contribution < -0.4 is 5.32 Å². The average molecular weight is 262 g/mol. The molecule has 0 spiro atoms. The first-order chi connectivity index (χ1) is 7.35. The number of rotatable bonds is 2. The number of amides is 1. The first-order valence-electron chi connectivity index (χ1n) is 4.68. The van der Waals surface area contributed by atoms with E-state index in [1.54, 1.807) is 18.2 Å². The molecule has 0 saturated carbocycles. The summed E-state index contributed by atoms with van der Waals surface area (Å²) in [5, 5.41) is 3.76. The molecule has 1 amide bonds. The Hall–Kier alpha value is -0.930. The van der Waals surface area contributed by atoms with Crippen molar-refractivity contribution in [3.05, 3.63) is 33.8 Å². The van der Waals surface area contributed by atoms with E-state index in [1.165, 1.54) is 7.11 Å². The van der Waals surface area contributed by atoms with E-state index in [0.29, 0.717) is 10.0 Å². The predicted molar refractivity (Wildman–Crippen MR) is 65.0 cm³/mol. The van der Waals surface area contributed by atoms with Crippen LogP contribution in [0.4, 0.5) is 4.79 Å². The zero-order valence-corrected chi connectivity index (χ0v) is 10.8. The Labute approximate surface area is 105 Å². The average Bonchev–Trinajstić information content (AvgIpc) is 2.15. The largest absolute Gasteiger partial charge is 0.453 e. The molecule has 16 heavy (non-hydrogen) atoms. The number of methoxy groups -OCH3 is 1. The van der Waals surface area contributed by atoms with Crippen molar-refractivity contribution in [1.82, 2.24) is 5.32 Å². The number of alkyl carbamates (subject to hydrolysis) is 1. The summed E-state index contributed by atoms with van der Waals surface area (Å²) in [7, 11) is 1.32. The molecule has 0 aromatic heterocycles. The number of hydrogen-bond donors (Lipinski definition) is 1. The maximum absolute atomic E-state index is 11.2. The van der Waals surface area contributed by atoms with E-state index in [0.717, 1.165) is 5.56 Å². The molecule has 1 aromatic carbocycles. The first kappa shape index (κ1) is 13.1. The third kappa shape index (κ3) is 3.29. The van der Waals surface area contributed by atoms with E-state index >= 15 is 0 Å². The SMILES string of the molecule is COC(=O)NC(C)(C)c1cc(Cl)cc(Cl)c1. The Kier molecular flexibility index (Phi) is 4.05. The summed E-state index contributed by atoms with van der Waals surface area (Å²) < 4.78 is 4.55. The van der Waals surface area contributed by atoms with E-state index in [1.807, 2.05) is 13.8 Å². The zero-order chi connectivity index (χ0) is 12.3. The van der Waals surface area contributed by atoms with Crippen molar-refractivity contribution in [2.45, 2.75) is 19.4 Å². The van der Waals surface area contributed by atoms with Gasteiger partial charge in [0.25, 0.3) is 0 Å². The van der Waals surface area contributed by atoms with Gasteiger partial charge in [-0.2, -0.15) is 0 Å². The maximum Gasteiger partial charge on any atom is 0.407 e. The lowest BCUT2D eigenvalue weighted by atomic mass is 9.94. The molecule has 0 atom stereocenters. The number of ether oxygens (including phenoxy) is 1. The maximum atomic E-state index is 11.2. The highest BCUT2D eigenvalue weighted by molar-refractivity contribution is 6.34. The van der Waals surface area contributed by atoms with Crippen LogP contribution >= 0.6 is 23.2 Å². The second-order valence-electron chi connectivity index (χ2n) is 3.90. The first-order valence-corrected chi connectivity index (χ1v) is 5.43. The Bertz CT molecular complexity index is 385. The molecular weight excluding hydrogens is 249 g/mol. The third-order valence-corrected chi connectivity index (χ3v) is 2.62. The van der Waals surface area contributed by atoms with Crippen molar-refractivity contribution in [3.8, 4) is 0 Å². The molecule has 0 aliphatic rings. The van der Waals surface area contributed by atoms with Crippen molar-refractivity contribution in [2.75, 3.05) is 7.11 Å². The lowest BCUT2D eigenvalue weighted by Crippen LogP contribution is -2.40. The topological polar surface area (TPSA) is 38.3 Å². The molecule has 3 nitrogen and oxygen atoms in total. The summed E-state index contributed by atoms with van der Waals surface area (Å²) in [5.41, 5.74) is 0.220. The number of nitrogens with one attached hydrogen (secondary N) is 1. The van der Waals surface area contributed by atoms with E-state index in [2.05, 4.69) is 10.1 Å². The molecule has 1 aromatic rings. The van der Waals surface area contributed by atoms with Crippen molar-refractivity contribution < 1.29 is 9.53 Å². The Morgan fingerprint density at radius 2 is 1.75 bits per heavy atom. The lowest BCUT2D eigenvalue weighted by Gasteiger charge is -2.26. The van der Waals surface area contributed by atoms with Gasteiger partial charge in [0.05, 0.1) is 12.6 Å². The lowest BCUT2D eigenvalue weighted by molar-refractivity contribution is 0.159. The van der Waals surface area contributed by atoms with Crippen LogP contribution in [0.2, 0.25) is 10.0 Å². The van der Waals surface area contributed by atoms with Crippen molar-refractivity contribution >= 4 is 29.3 Å². The van der Waals surface area contributed by atoms with Gasteiger partial charge in [-0.1, -0.05) is 23.2 Å². The molecule has 1 rings (SSSR count). The molecule has 5 heteroatoms. The van der Waals surface area contributed by atoms with Crippen LogP contribution in [0, 0.1) is 0 Å². The molecule has 0 saturated heterocycles. The minimum atomic E-state index is -0.596. The molecule has 0 heterocycles. The third-order valence-electron chi connectivity index (χ3n) is 2.18. The molecular formula is C11H13Cl2NO2. The predicted octanol–water partition coefficient (Wildman–Crippen LogP) is 3.58. The van der Waals surface area contributed by atoms with Gasteiger partial charge in [0.2, 0.25) is 0 Å². The standard InChI is InChI=1S/C11H13Cl2NO2/c1-11(2,14-10(15)16-3)7-4-8(12)6-9(13)5-7/h4-6H,1-3H3,(H,14,15). The summed E-state index contributed by atoms with van der Waals surface area (Å²) in [6.07, 6.45) is -0.499. The number of halogens is 2. The summed E-state index contributed by atoms with van der Waals surface area (Å²) in [6, 6.07) is 5.15. The minimum Gasteiger partial charge on any atom is -0.453 e. The van der Waals surface area contributed by atoms with Crippen LogP contribution in [-0.4, -0.2) is 13.2 Å². The smallest absolute Gasteiger partial charge is 0.407 e. The van der Waals surface area contributed by atoms with Gasteiger partial charge >= 0.3 is 6.09 Å². The van der Waals surface area contributed by atoms with Gasteiger partial charge < -0.3 is 10.1 Å². The van der Waals surface area contributed by atoms with E-state index < -0.39 is 11.6 Å². The van der Waals surface area contributed by atoms with Crippen LogP contribution in [0.5, 0.6) is 0 Å². The molecule has 0 aliphatic carbocycles. The van der Waals surface area contributed by atoms with Crippen LogP contribution in [0.3, 0.4) is 0 Å². The fourth-order valence-electron chi connectivity index (χ4n) is 1.29. The van der Waals surface area contributed by atoms with Gasteiger partial charge in [-0.05, 0) is 37.6 Å². The highest BCUT2D eigenvalue weighted by atomic mass is 35.5. The molecule has 0 unspecified atom stereocenters. The van der Waals surface area contributed by atoms with E-state index in [4.69, 9.17) is 23.2 Å². The second kappa shape index (κ2) is 4.93. The molecule has 0 radical (unpaired) electrons. The summed E-state index contributed by atoms with van der Waals surface area (Å²) in [4.78, 5) is 11.2. The van der Waals surface area contributed by atoms with E-state index in [-0.39, 0.29) is 0 Å². The molecule has 1 N–H and O–H groups in total. The molecule has 0 aliphatic heterocycles. The van der Waals surface area contributed by atoms with Gasteiger partial charge in [0.1, 0.15) is 0 Å².